The number of carbonyl (C=O) groups excluding carboxylic acids is 2. The van der Waals surface area contributed by atoms with E-state index in [0.29, 0.717) is 12.2 Å². The summed E-state index contributed by atoms with van der Waals surface area (Å²) in [6, 6.07) is 0. The molecule has 0 spiro atoms. The predicted octanol–water partition coefficient (Wildman–Crippen LogP) is 1.84. The van der Waals surface area contributed by atoms with Gasteiger partial charge >= 0.3 is 5.97 Å². The van der Waals surface area contributed by atoms with Gasteiger partial charge in [-0.05, 0) is 13.3 Å². The molecule has 1 aliphatic rings. The number of ether oxygens (including phenoxy) is 2. The van der Waals surface area contributed by atoms with Crippen molar-refractivity contribution in [2.45, 2.75) is 39.7 Å². The van der Waals surface area contributed by atoms with Crippen LogP contribution in [0.15, 0.2) is 11.8 Å². The minimum Gasteiger partial charge on any atom is -0.485 e. The number of ketones is 1. The summed E-state index contributed by atoms with van der Waals surface area (Å²) in [4.78, 5) is 23.2. The minimum atomic E-state index is -0.784. The summed E-state index contributed by atoms with van der Waals surface area (Å²) < 4.78 is 10.2. The Morgan fingerprint density at radius 3 is 2.88 bits per heavy atom. The quantitative estimate of drug-likeness (QED) is 0.542. The van der Waals surface area contributed by atoms with E-state index in [2.05, 4.69) is 0 Å². The molecule has 90 valence electrons. The number of allylic oxidation sites excluding steroid dienone is 1. The van der Waals surface area contributed by atoms with Crippen LogP contribution in [0.25, 0.3) is 0 Å². The third kappa shape index (κ3) is 2.84. The van der Waals surface area contributed by atoms with Crippen LogP contribution >= 0.6 is 0 Å². The summed E-state index contributed by atoms with van der Waals surface area (Å²) in [6.45, 7) is 5.77. The highest BCUT2D eigenvalue weighted by Gasteiger charge is 2.36. The van der Waals surface area contributed by atoms with Gasteiger partial charge in [0.15, 0.2) is 5.78 Å². The van der Waals surface area contributed by atoms with E-state index in [1.165, 1.54) is 6.26 Å². The van der Waals surface area contributed by atoms with E-state index < -0.39 is 18.0 Å². The molecule has 0 saturated heterocycles. The first-order chi connectivity index (χ1) is 7.57. The molecule has 0 fully saturated rings. The van der Waals surface area contributed by atoms with Gasteiger partial charge in [0.05, 0.1) is 18.8 Å². The van der Waals surface area contributed by atoms with Crippen molar-refractivity contribution >= 4 is 11.8 Å². The highest BCUT2D eigenvalue weighted by atomic mass is 16.6. The van der Waals surface area contributed by atoms with Crippen LogP contribution in [0.2, 0.25) is 0 Å². The van der Waals surface area contributed by atoms with Gasteiger partial charge in [-0.2, -0.15) is 0 Å². The summed E-state index contributed by atoms with van der Waals surface area (Å²) in [6.07, 6.45) is 2.35. The lowest BCUT2D eigenvalue weighted by molar-refractivity contribution is -0.160. The Labute approximate surface area is 95.6 Å². The number of hydrogen-bond donors (Lipinski definition) is 0. The second kappa shape index (κ2) is 5.68. The third-order valence-corrected chi connectivity index (χ3v) is 2.62. The van der Waals surface area contributed by atoms with Crippen molar-refractivity contribution < 1.29 is 19.1 Å². The zero-order chi connectivity index (χ0) is 12.1. The van der Waals surface area contributed by atoms with Crippen molar-refractivity contribution in [2.75, 3.05) is 6.61 Å². The lowest BCUT2D eigenvalue weighted by Crippen LogP contribution is -2.39. The Hall–Kier alpha value is -1.32. The fourth-order valence-electron chi connectivity index (χ4n) is 1.51. The van der Waals surface area contributed by atoms with Crippen molar-refractivity contribution in [1.82, 2.24) is 0 Å². The molecule has 16 heavy (non-hydrogen) atoms. The smallest absolute Gasteiger partial charge is 0.348 e. The standard InChI is InChI=1S/C12H18O4/c1-4-5-6-15-12(14)11-9(3)10(13)8(2)7-16-11/h7,9,11H,4-6H2,1-3H3/t9-,11+/m0/s1. The van der Waals surface area contributed by atoms with Crippen LogP contribution < -0.4 is 0 Å². The second-order valence-corrected chi connectivity index (χ2v) is 4.03. The van der Waals surface area contributed by atoms with Crippen molar-refractivity contribution in [2.24, 2.45) is 5.92 Å². The molecule has 0 aromatic rings. The molecule has 0 aromatic heterocycles. The topological polar surface area (TPSA) is 52.6 Å². The second-order valence-electron chi connectivity index (χ2n) is 4.03. The Balaban J connectivity index is 2.54. The molecule has 0 saturated carbocycles. The molecule has 1 heterocycles. The molecule has 1 aliphatic heterocycles. The number of carbonyl (C=O) groups is 2. The molecule has 2 atom stereocenters. The predicted molar refractivity (Wildman–Crippen MR) is 58.7 cm³/mol. The first-order valence-corrected chi connectivity index (χ1v) is 5.61. The fourth-order valence-corrected chi connectivity index (χ4v) is 1.51. The van der Waals surface area contributed by atoms with Gasteiger partial charge in [-0.1, -0.05) is 20.3 Å². The van der Waals surface area contributed by atoms with Gasteiger partial charge in [-0.3, -0.25) is 4.79 Å². The zero-order valence-electron chi connectivity index (χ0n) is 9.99. The molecular formula is C12H18O4. The van der Waals surface area contributed by atoms with E-state index in [1.807, 2.05) is 6.92 Å². The molecule has 0 radical (unpaired) electrons. The largest absolute Gasteiger partial charge is 0.485 e. The maximum Gasteiger partial charge on any atom is 0.348 e. The Bertz CT molecular complexity index is 306. The van der Waals surface area contributed by atoms with Crippen LogP contribution in [-0.2, 0) is 19.1 Å². The summed E-state index contributed by atoms with van der Waals surface area (Å²) >= 11 is 0. The Kier molecular flexibility index (Phi) is 4.52. The average molecular weight is 226 g/mol. The normalized spacial score (nSPS) is 24.7. The Morgan fingerprint density at radius 2 is 2.25 bits per heavy atom. The van der Waals surface area contributed by atoms with Crippen LogP contribution in [-0.4, -0.2) is 24.5 Å². The van der Waals surface area contributed by atoms with Crippen molar-refractivity contribution in [3.8, 4) is 0 Å². The van der Waals surface area contributed by atoms with Crippen LogP contribution in [0.1, 0.15) is 33.6 Å². The molecule has 0 N–H and O–H groups in total. The van der Waals surface area contributed by atoms with E-state index >= 15 is 0 Å². The van der Waals surface area contributed by atoms with Gasteiger partial charge in [0.2, 0.25) is 6.10 Å². The van der Waals surface area contributed by atoms with Crippen LogP contribution in [0.5, 0.6) is 0 Å². The van der Waals surface area contributed by atoms with Gasteiger partial charge in [0.25, 0.3) is 0 Å². The summed E-state index contributed by atoms with van der Waals surface area (Å²) in [5, 5.41) is 0. The summed E-state index contributed by atoms with van der Waals surface area (Å²) in [7, 11) is 0. The first kappa shape index (κ1) is 12.7. The Morgan fingerprint density at radius 1 is 1.56 bits per heavy atom. The van der Waals surface area contributed by atoms with Gasteiger partial charge in [0.1, 0.15) is 0 Å². The van der Waals surface area contributed by atoms with E-state index in [9.17, 15) is 9.59 Å². The number of esters is 1. The molecule has 4 heteroatoms. The highest BCUT2D eigenvalue weighted by Crippen LogP contribution is 2.21. The minimum absolute atomic E-state index is 0.0521. The molecular weight excluding hydrogens is 208 g/mol. The number of rotatable bonds is 4. The van der Waals surface area contributed by atoms with E-state index in [-0.39, 0.29) is 5.78 Å². The molecule has 0 unspecified atom stereocenters. The van der Waals surface area contributed by atoms with E-state index in [4.69, 9.17) is 9.47 Å². The van der Waals surface area contributed by atoms with Gasteiger partial charge in [-0.25, -0.2) is 4.79 Å². The van der Waals surface area contributed by atoms with Crippen LogP contribution in [0, 0.1) is 5.92 Å². The van der Waals surface area contributed by atoms with Gasteiger partial charge < -0.3 is 9.47 Å². The number of hydrogen-bond acceptors (Lipinski definition) is 4. The highest BCUT2D eigenvalue weighted by molar-refractivity contribution is 6.00. The van der Waals surface area contributed by atoms with Crippen molar-refractivity contribution in [3.05, 3.63) is 11.8 Å². The number of Topliss-reactive ketones (excluding diaryl/α,β-unsaturated/α-hetero) is 1. The SMILES string of the molecule is CCCCOC(=O)[C@@H]1OC=C(C)C(=O)[C@@H]1C. The van der Waals surface area contributed by atoms with Crippen molar-refractivity contribution in [3.63, 3.8) is 0 Å². The average Bonchev–Trinajstić information content (AvgIpc) is 2.26. The monoisotopic (exact) mass is 226 g/mol. The molecule has 1 rings (SSSR count). The van der Waals surface area contributed by atoms with Crippen LogP contribution in [0.3, 0.4) is 0 Å². The maximum atomic E-state index is 11.6. The summed E-state index contributed by atoms with van der Waals surface area (Å²) in [5.41, 5.74) is 0.546. The van der Waals surface area contributed by atoms with Crippen LogP contribution in [0.4, 0.5) is 0 Å². The van der Waals surface area contributed by atoms with E-state index in [0.717, 1.165) is 12.8 Å². The first-order valence-electron chi connectivity index (χ1n) is 5.61. The zero-order valence-corrected chi connectivity index (χ0v) is 9.99. The van der Waals surface area contributed by atoms with Gasteiger partial charge in [-0.15, -0.1) is 0 Å². The molecule has 0 aliphatic carbocycles. The maximum absolute atomic E-state index is 11.6. The van der Waals surface area contributed by atoms with Crippen molar-refractivity contribution in [1.29, 1.82) is 0 Å². The molecule has 0 amide bonds. The number of unbranched alkanes of at least 4 members (excludes halogenated alkanes) is 1. The summed E-state index contributed by atoms with van der Waals surface area (Å²) in [5.74, 6) is -0.958. The molecule has 0 bridgehead atoms. The lowest BCUT2D eigenvalue weighted by atomic mass is 9.93. The van der Waals surface area contributed by atoms with Gasteiger partial charge in [0, 0.05) is 5.57 Å². The van der Waals surface area contributed by atoms with E-state index in [1.54, 1.807) is 13.8 Å². The molecule has 0 aromatic carbocycles. The fraction of sp³-hybridized carbons (Fsp3) is 0.667. The third-order valence-electron chi connectivity index (χ3n) is 2.62. The molecule has 4 nitrogen and oxygen atoms in total. The lowest BCUT2D eigenvalue weighted by Gasteiger charge is -2.25.